The summed E-state index contributed by atoms with van der Waals surface area (Å²) in [5.41, 5.74) is 22.5. The van der Waals surface area contributed by atoms with Crippen molar-refractivity contribution in [2.45, 2.75) is 234 Å². The second-order valence-electron chi connectivity index (χ2n) is 30.9. The minimum Gasteiger partial charge on any atom is -0.399 e. The zero-order valence-electron chi connectivity index (χ0n) is 62.2. The number of fused-ring (bicyclic) bond motifs is 3. The SMILES string of the molecule is CC(C)[Si](C(C)C)(C(C)C)n1ccc(B2OC(C)(C)C(C)(C)O2)c1.Cc1nc2c(-c3cc[nH]c3)cc(-c3cc[nH]c3)cc2[nH]1.Cc1nc2c(-c3ccn([Si](C(C)C)(C(C)C)C(C)C)c3)cc(-c3ccn([Si](C(C)C)(C(C)C)C(C)C)c3)cc2[nH]1.Cc1nc2c(Br)cc(Br)cc2[nH]1. The Labute approximate surface area is 593 Å². The van der Waals surface area contributed by atoms with Gasteiger partial charge in [-0.05, 0) is 234 Å². The molecule has 0 amide bonds. The van der Waals surface area contributed by atoms with Crippen LogP contribution in [0.1, 0.15) is 170 Å². The number of aromatic nitrogens is 11. The molecule has 0 spiro atoms. The van der Waals surface area contributed by atoms with Crippen molar-refractivity contribution >= 4 is 102 Å². The van der Waals surface area contributed by atoms with E-state index in [9.17, 15) is 0 Å². The van der Waals surface area contributed by atoms with Gasteiger partial charge in [-0.1, -0.05) is 141 Å². The molecule has 96 heavy (non-hydrogen) atoms. The summed E-state index contributed by atoms with van der Waals surface area (Å²) in [5, 5.41) is 0. The Bertz CT molecular complexity index is 4300. The van der Waals surface area contributed by atoms with Crippen LogP contribution in [-0.2, 0) is 9.31 Å². The predicted octanol–water partition coefficient (Wildman–Crippen LogP) is 22.9. The van der Waals surface area contributed by atoms with Crippen LogP contribution in [0.25, 0.3) is 77.6 Å². The van der Waals surface area contributed by atoms with Gasteiger partial charge < -0.3 is 46.9 Å². The Kier molecular flexibility index (Phi) is 22.5. The third-order valence-corrected chi connectivity index (χ3v) is 43.0. The van der Waals surface area contributed by atoms with Crippen LogP contribution in [-0.4, -0.2) is 95.6 Å². The van der Waals surface area contributed by atoms with Crippen LogP contribution in [0.4, 0.5) is 0 Å². The van der Waals surface area contributed by atoms with Gasteiger partial charge in [-0.15, -0.1) is 0 Å². The maximum Gasteiger partial charge on any atom is 0.496 e. The molecular formula is C77H110BBr2N11O2Si3. The first kappa shape index (κ1) is 74.3. The number of nitrogens with zero attached hydrogens (tertiary/aromatic N) is 6. The van der Waals surface area contributed by atoms with E-state index < -0.39 is 24.7 Å². The van der Waals surface area contributed by atoms with Gasteiger partial charge in [0.2, 0.25) is 0 Å². The van der Waals surface area contributed by atoms with E-state index in [1.54, 1.807) is 0 Å². The summed E-state index contributed by atoms with van der Waals surface area (Å²) in [7, 11) is -5.58. The lowest BCUT2D eigenvalue weighted by molar-refractivity contribution is 0.00578. The molecule has 0 bridgehead atoms. The van der Waals surface area contributed by atoms with E-state index in [1.165, 1.54) is 33.4 Å². The Morgan fingerprint density at radius 1 is 0.406 bits per heavy atom. The average Bonchev–Trinajstić information content (AvgIpc) is 1.57. The minimum atomic E-state index is -1.82. The number of rotatable bonds is 17. The van der Waals surface area contributed by atoms with Gasteiger partial charge in [0.05, 0.1) is 38.8 Å². The fraction of sp³-hybridized carbons (Fsp3) is 0.468. The second-order valence-corrected chi connectivity index (χ2v) is 49.9. The summed E-state index contributed by atoms with van der Waals surface area (Å²) in [5.74, 6) is 2.83. The number of hydrogen-bond donors (Lipinski definition) is 5. The van der Waals surface area contributed by atoms with Gasteiger partial charge in [-0.25, -0.2) is 15.0 Å². The van der Waals surface area contributed by atoms with Gasteiger partial charge in [0, 0.05) is 68.4 Å². The Hall–Kier alpha value is -5.93. The van der Waals surface area contributed by atoms with E-state index in [1.807, 2.05) is 50.8 Å². The van der Waals surface area contributed by atoms with Crippen LogP contribution in [0.2, 0.25) is 49.9 Å². The van der Waals surface area contributed by atoms with Crippen molar-refractivity contribution in [3.05, 3.63) is 155 Å². The summed E-state index contributed by atoms with van der Waals surface area (Å²) < 4.78 is 22.4. The Morgan fingerprint density at radius 3 is 1.18 bits per heavy atom. The van der Waals surface area contributed by atoms with Crippen molar-refractivity contribution in [1.29, 1.82) is 0 Å². The third kappa shape index (κ3) is 14.0. The number of aromatic amines is 5. The molecule has 0 radical (unpaired) electrons. The second kappa shape index (κ2) is 29.1. The monoisotopic (exact) mass is 1470 g/mol. The van der Waals surface area contributed by atoms with Crippen LogP contribution in [0.15, 0.2) is 138 Å². The highest BCUT2D eigenvalue weighted by molar-refractivity contribution is 9.11. The molecule has 5 N–H and O–H groups in total. The smallest absolute Gasteiger partial charge is 0.399 e. The van der Waals surface area contributed by atoms with Crippen molar-refractivity contribution in [2.24, 2.45) is 0 Å². The summed E-state index contributed by atoms with van der Waals surface area (Å²) in [6.07, 6.45) is 22.1. The van der Waals surface area contributed by atoms with Crippen molar-refractivity contribution in [1.82, 2.24) is 52.6 Å². The number of imidazole rings is 3. The number of H-pyrrole nitrogens is 5. The van der Waals surface area contributed by atoms with Crippen molar-refractivity contribution in [3.63, 3.8) is 0 Å². The number of hydrogen-bond acceptors (Lipinski definition) is 5. The molecule has 9 heterocycles. The Balaban J connectivity index is 0.000000164. The fourth-order valence-electron chi connectivity index (χ4n) is 17.5. The lowest BCUT2D eigenvalue weighted by atomic mass is 9.81. The van der Waals surface area contributed by atoms with Gasteiger partial charge in [-0.3, -0.25) is 0 Å². The molecule has 0 aliphatic carbocycles. The predicted molar refractivity (Wildman–Crippen MR) is 424 cm³/mol. The lowest BCUT2D eigenvalue weighted by Gasteiger charge is -2.44. The van der Waals surface area contributed by atoms with Crippen molar-refractivity contribution < 1.29 is 9.31 Å². The van der Waals surface area contributed by atoms with E-state index in [0.717, 1.165) is 76.1 Å². The number of aryl methyl sites for hydroxylation is 3. The van der Waals surface area contributed by atoms with Crippen LogP contribution >= 0.6 is 31.9 Å². The maximum atomic E-state index is 6.24. The number of nitrogens with one attached hydrogen (secondary N) is 5. The molecule has 1 aliphatic heterocycles. The zero-order chi connectivity index (χ0) is 70.5. The Morgan fingerprint density at radius 2 is 0.760 bits per heavy atom. The third-order valence-electron chi connectivity index (χ3n) is 21.8. The highest BCUT2D eigenvalue weighted by Gasteiger charge is 2.53. The van der Waals surface area contributed by atoms with E-state index in [-0.39, 0.29) is 18.3 Å². The molecule has 0 atom stereocenters. The molecule has 3 aromatic carbocycles. The normalized spacial score (nSPS) is 14.5. The lowest BCUT2D eigenvalue weighted by Crippen LogP contribution is -2.51. The van der Waals surface area contributed by atoms with Crippen LogP contribution in [0, 0.1) is 20.8 Å². The average molecular weight is 1480 g/mol. The van der Waals surface area contributed by atoms with E-state index in [2.05, 4.69) is 330 Å². The van der Waals surface area contributed by atoms with Gasteiger partial charge in [0.1, 0.15) is 23.0 Å². The number of benzene rings is 3. The highest BCUT2D eigenvalue weighted by atomic mass is 79.9. The molecule has 1 saturated heterocycles. The van der Waals surface area contributed by atoms with Gasteiger partial charge in [-0.2, -0.15) is 0 Å². The quantitative estimate of drug-likeness (QED) is 0.0575. The molecule has 1 fully saturated rings. The molecular weight excluding hydrogens is 1370 g/mol. The minimum absolute atomic E-state index is 0.269. The van der Waals surface area contributed by atoms with E-state index in [0.29, 0.717) is 49.9 Å². The molecule has 0 unspecified atom stereocenters. The van der Waals surface area contributed by atoms with Crippen LogP contribution in [0.3, 0.4) is 0 Å². The van der Waals surface area contributed by atoms with Crippen molar-refractivity contribution in [3.8, 4) is 44.5 Å². The van der Waals surface area contributed by atoms with Crippen LogP contribution < -0.4 is 5.46 Å². The molecule has 0 saturated carbocycles. The van der Waals surface area contributed by atoms with Crippen LogP contribution in [0.5, 0.6) is 0 Å². The molecule has 1 aliphatic rings. The molecule has 12 rings (SSSR count). The number of halogens is 2. The first-order chi connectivity index (χ1) is 45.0. The topological polar surface area (TPSA) is 151 Å². The van der Waals surface area contributed by atoms with Gasteiger partial charge >= 0.3 is 7.12 Å². The molecule has 514 valence electrons. The first-order valence-electron chi connectivity index (χ1n) is 35.0. The highest BCUT2D eigenvalue weighted by Crippen LogP contribution is 2.47. The molecule has 11 aromatic rings. The molecule has 8 aromatic heterocycles. The summed E-state index contributed by atoms with van der Waals surface area (Å²) in [6.45, 7) is 58.0. The van der Waals surface area contributed by atoms with Gasteiger partial charge in [0.25, 0.3) is 0 Å². The molecule has 13 nitrogen and oxygen atoms in total. The summed E-state index contributed by atoms with van der Waals surface area (Å²) in [6, 6.07) is 24.0. The zero-order valence-corrected chi connectivity index (χ0v) is 68.3. The van der Waals surface area contributed by atoms with E-state index >= 15 is 0 Å². The van der Waals surface area contributed by atoms with E-state index in [4.69, 9.17) is 14.3 Å². The molecule has 19 heteroatoms. The maximum absolute atomic E-state index is 6.24. The first-order valence-corrected chi connectivity index (χ1v) is 43.1. The largest absolute Gasteiger partial charge is 0.496 e. The van der Waals surface area contributed by atoms with Crippen molar-refractivity contribution in [2.75, 3.05) is 0 Å². The fourth-order valence-corrected chi connectivity index (χ4v) is 38.3. The summed E-state index contributed by atoms with van der Waals surface area (Å²) >= 11 is 6.86. The van der Waals surface area contributed by atoms with Gasteiger partial charge in [0.15, 0.2) is 24.7 Å². The standard InChI is InChI=1S/C34H54N4Si2.C19H36BNO2Si.C16H14N4.C8H6Br2N2/c1-22(2)39(23(3)4,24(5)6)37-16-14-29(20-37)31-18-32(34-33(19-31)35-28(13)36-34)30-15-17-38(21-30)40(25(7)8,26(9)10)27(11)12;1-14(2)24(15(3)4,16(5)6)21-12-11-17(13-21)20-22-18(7,8)19(9,10)23-20;1-10-19-15-7-13(11-2-4-17-8-11)6-14(16(15)20-10)12-3-5-18-9-12;1-4-11-7-3-5(9)2-6(10)8(7)12-4/h14-27H,1-13H3,(H,35,36);11-16H,1-10H3;2-9,17-18H,1H3,(H,19,20);2-3H,1H3,(H,11,12). The summed E-state index contributed by atoms with van der Waals surface area (Å²) in [4.78, 5) is 30.2.